The normalized spacial score (nSPS) is 15.1. The quantitative estimate of drug-likeness (QED) is 0.0519. The van der Waals surface area contributed by atoms with Gasteiger partial charge in [0.15, 0.2) is 0 Å². The lowest BCUT2D eigenvalue weighted by Crippen LogP contribution is -2.46. The van der Waals surface area contributed by atoms with Crippen LogP contribution < -0.4 is 4.90 Å². The number of benzene rings is 6. The summed E-state index contributed by atoms with van der Waals surface area (Å²) in [6.45, 7) is 19.6. The lowest BCUT2D eigenvalue weighted by molar-refractivity contribution is 0.0535. The van der Waals surface area contributed by atoms with E-state index in [2.05, 4.69) is 37.3 Å². The summed E-state index contributed by atoms with van der Waals surface area (Å²) in [5, 5.41) is 22.9. The van der Waals surface area contributed by atoms with Gasteiger partial charge in [-0.25, -0.2) is 4.90 Å². The van der Waals surface area contributed by atoms with Gasteiger partial charge in [-0.05, 0) is 139 Å². The average Bonchev–Trinajstić information content (AvgIpc) is 3.29. The molecule has 66 heavy (non-hydrogen) atoms. The minimum atomic E-state index is -1.21. The predicted molar refractivity (Wildman–Crippen MR) is 268 cm³/mol. The molecular formula is C54H67N3O8S. The fourth-order valence-electron chi connectivity index (χ4n) is 8.98. The molecule has 6 aromatic rings. The number of hydrogen-bond donors (Lipinski definition) is 2. The zero-order valence-electron chi connectivity index (χ0n) is 40.1. The van der Waals surface area contributed by atoms with Crippen molar-refractivity contribution in [2.75, 3.05) is 50.6 Å². The van der Waals surface area contributed by atoms with Crippen LogP contribution in [0, 0.1) is 11.8 Å². The number of fused-ring (bicyclic) bond motifs is 2. The van der Waals surface area contributed by atoms with E-state index in [0.717, 1.165) is 77.6 Å². The number of nitrogens with zero attached hydrogens (tertiary/aromatic N) is 3. The first-order valence-corrected chi connectivity index (χ1v) is 24.9. The van der Waals surface area contributed by atoms with Crippen molar-refractivity contribution in [2.24, 2.45) is 11.8 Å². The van der Waals surface area contributed by atoms with Gasteiger partial charge in [0.2, 0.25) is 0 Å². The molecular weight excluding hydrogens is 851 g/mol. The second-order valence-electron chi connectivity index (χ2n) is 18.3. The van der Waals surface area contributed by atoms with Gasteiger partial charge in [0, 0.05) is 63.4 Å². The molecule has 3 atom stereocenters. The number of unbranched alkanes of at least 4 members (excludes halogenated alkanes) is 2. The van der Waals surface area contributed by atoms with E-state index in [4.69, 9.17) is 10.2 Å². The molecule has 0 fully saturated rings. The summed E-state index contributed by atoms with van der Waals surface area (Å²) in [7, 11) is 0.337. The van der Waals surface area contributed by atoms with Crippen LogP contribution in [0.4, 0.5) is 5.69 Å². The minimum absolute atomic E-state index is 0.122. The standard InChI is InChI=1S/C46H47N3O5S.C5H12O.C3H8O2/c1-6-8-22-47(23-9-7-2)24-25-55(54)30-12-10-29(11-13-30)49-45(52)37-20-16-33-31-14-18-35-41-36(44(51)48(43(35)50)28(5)26-27(3)4)19-15-32(39(31)41)34-17-21-38(46(49)53)42(37)40(33)34;1-4(2)5(3)6;1-5-3-2-4/h10-21,27-28H,6-9,22-26H2,1-5H3;4-6H,1-3H3;4H,2-3H2,1H3. The molecule has 0 aliphatic carbocycles. The summed E-state index contributed by atoms with van der Waals surface area (Å²) >= 11 is 0. The van der Waals surface area contributed by atoms with Gasteiger partial charge in [-0.3, -0.25) is 28.3 Å². The summed E-state index contributed by atoms with van der Waals surface area (Å²) in [5.74, 6) is -0.136. The number of anilines is 1. The smallest absolute Gasteiger partial charge is 0.265 e. The third kappa shape index (κ3) is 10.1. The van der Waals surface area contributed by atoms with E-state index < -0.39 is 22.6 Å². The van der Waals surface area contributed by atoms with Gasteiger partial charge in [0.25, 0.3) is 23.6 Å². The summed E-state index contributed by atoms with van der Waals surface area (Å²) in [4.78, 5) is 62.1. The summed E-state index contributed by atoms with van der Waals surface area (Å²) in [6, 6.07) is 21.6. The predicted octanol–water partition coefficient (Wildman–Crippen LogP) is 10.2. The summed E-state index contributed by atoms with van der Waals surface area (Å²) in [6.07, 6.45) is 5.05. The van der Waals surface area contributed by atoms with Gasteiger partial charge < -0.3 is 19.8 Å². The Labute approximate surface area is 391 Å². The molecule has 3 unspecified atom stereocenters. The van der Waals surface area contributed by atoms with Crippen molar-refractivity contribution < 1.29 is 38.3 Å². The Kier molecular flexibility index (Phi) is 16.9. The van der Waals surface area contributed by atoms with Crippen molar-refractivity contribution in [1.29, 1.82) is 0 Å². The maximum atomic E-state index is 14.3. The zero-order chi connectivity index (χ0) is 48.0. The molecule has 0 saturated heterocycles. The van der Waals surface area contributed by atoms with Gasteiger partial charge >= 0.3 is 0 Å². The number of carbonyl (C=O) groups is 4. The first kappa shape index (κ1) is 50.3. The number of methoxy groups -OCH3 is 1. The zero-order valence-corrected chi connectivity index (χ0v) is 40.9. The summed E-state index contributed by atoms with van der Waals surface area (Å²) in [5.41, 5.74) is 2.30. The molecule has 0 saturated carbocycles. The van der Waals surface area contributed by atoms with E-state index in [1.807, 2.05) is 57.2 Å². The number of amides is 4. The lowest BCUT2D eigenvalue weighted by Gasteiger charge is -2.33. The lowest BCUT2D eigenvalue weighted by atomic mass is 9.82. The maximum absolute atomic E-state index is 14.3. The van der Waals surface area contributed by atoms with E-state index in [9.17, 15) is 23.4 Å². The molecule has 0 spiro atoms. The van der Waals surface area contributed by atoms with Gasteiger partial charge in [-0.2, -0.15) is 0 Å². The van der Waals surface area contributed by atoms with E-state index in [1.165, 1.54) is 9.80 Å². The Morgan fingerprint density at radius 1 is 0.621 bits per heavy atom. The molecule has 4 amide bonds. The van der Waals surface area contributed by atoms with Crippen LogP contribution >= 0.6 is 0 Å². The van der Waals surface area contributed by atoms with E-state index >= 15 is 0 Å². The van der Waals surface area contributed by atoms with Crippen molar-refractivity contribution in [3.63, 3.8) is 0 Å². The number of hydrogen-bond acceptors (Lipinski definition) is 9. The van der Waals surface area contributed by atoms with Crippen LogP contribution in [-0.2, 0) is 15.5 Å². The SMILES string of the molecule is CC(C)C(C)O.CCCCN(CCCC)CCS(=O)c1ccc(N2C(=O)c3ccc4c5ccc6c7c(ccc(c8ccc(c3c48)C2=O)c75)C(=O)N(C(C)CC(C)C)C6=O)cc1.COCCO. The van der Waals surface area contributed by atoms with Gasteiger partial charge in [0.05, 0.1) is 35.8 Å². The van der Waals surface area contributed by atoms with Crippen LogP contribution in [-0.4, -0.2) is 106 Å². The Balaban J connectivity index is 0.000000587. The average molecular weight is 918 g/mol. The molecule has 2 aliphatic rings. The highest BCUT2D eigenvalue weighted by Gasteiger charge is 2.39. The van der Waals surface area contributed by atoms with Crippen LogP contribution in [0.15, 0.2) is 77.7 Å². The van der Waals surface area contributed by atoms with Crippen LogP contribution in [0.5, 0.6) is 0 Å². The van der Waals surface area contributed by atoms with Crippen LogP contribution in [0.2, 0.25) is 0 Å². The van der Waals surface area contributed by atoms with E-state index in [-0.39, 0.29) is 30.6 Å². The maximum Gasteiger partial charge on any atom is 0.265 e. The second kappa shape index (κ2) is 22.1. The number of carbonyl (C=O) groups excluding carboxylic acids is 4. The topological polar surface area (TPSA) is 145 Å². The Morgan fingerprint density at radius 3 is 1.39 bits per heavy atom. The molecule has 0 bridgehead atoms. The molecule has 352 valence electrons. The molecule has 6 aromatic carbocycles. The van der Waals surface area contributed by atoms with Crippen molar-refractivity contribution in [1.82, 2.24) is 9.80 Å². The Hall–Kier alpha value is -5.11. The van der Waals surface area contributed by atoms with E-state index in [1.54, 1.807) is 50.4 Å². The first-order valence-electron chi connectivity index (χ1n) is 23.6. The number of ether oxygens (including phenoxy) is 1. The second-order valence-corrected chi connectivity index (χ2v) is 19.9. The Morgan fingerprint density at radius 2 is 1.05 bits per heavy atom. The molecule has 12 heteroatoms. The molecule has 11 nitrogen and oxygen atoms in total. The molecule has 8 rings (SSSR count). The van der Waals surface area contributed by atoms with Gasteiger partial charge in [0.1, 0.15) is 0 Å². The molecule has 2 aliphatic heterocycles. The van der Waals surface area contributed by atoms with Crippen LogP contribution in [0.25, 0.3) is 43.1 Å². The fraction of sp³-hybridized carbons (Fsp3) is 0.444. The molecule has 0 aromatic heterocycles. The highest BCUT2D eigenvalue weighted by atomic mass is 32.2. The first-order chi connectivity index (χ1) is 31.6. The molecule has 2 N–H and O–H groups in total. The monoisotopic (exact) mass is 917 g/mol. The largest absolute Gasteiger partial charge is 0.394 e. The van der Waals surface area contributed by atoms with Crippen molar-refractivity contribution in [2.45, 2.75) is 105 Å². The van der Waals surface area contributed by atoms with Crippen LogP contribution in [0.3, 0.4) is 0 Å². The fourth-order valence-corrected chi connectivity index (χ4v) is 10.1. The number of aliphatic hydroxyl groups excluding tert-OH is 2. The number of rotatable bonds is 17. The van der Waals surface area contributed by atoms with E-state index in [0.29, 0.717) is 74.2 Å². The minimum Gasteiger partial charge on any atom is -0.394 e. The third-order valence-electron chi connectivity index (χ3n) is 12.8. The van der Waals surface area contributed by atoms with Crippen molar-refractivity contribution in [3.8, 4) is 0 Å². The van der Waals surface area contributed by atoms with Crippen molar-refractivity contribution >= 4 is 83.2 Å². The highest BCUT2D eigenvalue weighted by Crippen LogP contribution is 2.47. The summed E-state index contributed by atoms with van der Waals surface area (Å²) < 4.78 is 17.8. The number of imide groups is 2. The highest BCUT2D eigenvalue weighted by molar-refractivity contribution is 7.85. The Bertz CT molecular complexity index is 2590. The number of aliphatic hydroxyl groups is 2. The van der Waals surface area contributed by atoms with Gasteiger partial charge in [-0.15, -0.1) is 0 Å². The third-order valence-corrected chi connectivity index (χ3v) is 14.1. The molecule has 2 heterocycles. The van der Waals surface area contributed by atoms with Crippen molar-refractivity contribution in [3.05, 3.63) is 95.1 Å². The molecule has 0 radical (unpaired) electrons. The van der Waals surface area contributed by atoms with Crippen LogP contribution in [0.1, 0.15) is 129 Å². The van der Waals surface area contributed by atoms with Gasteiger partial charge in [-0.1, -0.05) is 78.6 Å².